The van der Waals surface area contributed by atoms with Gasteiger partial charge in [-0.3, -0.25) is 18.9 Å². The van der Waals surface area contributed by atoms with Crippen molar-refractivity contribution in [2.75, 3.05) is 0 Å². The van der Waals surface area contributed by atoms with E-state index in [4.69, 9.17) is 6.42 Å². The monoisotopic (exact) mass is 387 g/mol. The number of nitrogens with one attached hydrogen (secondary N) is 1. The van der Waals surface area contributed by atoms with Crippen LogP contribution >= 0.6 is 0 Å². The summed E-state index contributed by atoms with van der Waals surface area (Å²) in [4.78, 5) is 37.2. The van der Waals surface area contributed by atoms with E-state index in [9.17, 15) is 9.59 Å². The van der Waals surface area contributed by atoms with Gasteiger partial charge in [0.05, 0.1) is 0 Å². The van der Waals surface area contributed by atoms with Crippen molar-refractivity contribution >= 4 is 21.9 Å². The summed E-state index contributed by atoms with van der Waals surface area (Å²) in [6.07, 6.45) is 9.49. The van der Waals surface area contributed by atoms with Crippen LogP contribution in [0.25, 0.3) is 21.9 Å². The Morgan fingerprint density at radius 1 is 1.24 bits per heavy atom. The molecule has 0 fully saturated rings. The van der Waals surface area contributed by atoms with Gasteiger partial charge in [-0.05, 0) is 29.0 Å². The average Bonchev–Trinajstić information content (AvgIpc) is 3.13. The van der Waals surface area contributed by atoms with Crippen LogP contribution < -0.4 is 11.2 Å². The van der Waals surface area contributed by atoms with Crippen LogP contribution in [0.1, 0.15) is 30.8 Å². The average molecular weight is 387 g/mol. The van der Waals surface area contributed by atoms with Crippen molar-refractivity contribution in [1.29, 1.82) is 0 Å². The lowest BCUT2D eigenvalue weighted by Gasteiger charge is -2.10. The summed E-state index contributed by atoms with van der Waals surface area (Å²) >= 11 is 0. The summed E-state index contributed by atoms with van der Waals surface area (Å²) in [5, 5.41) is 1.97. The fourth-order valence-corrected chi connectivity index (χ4v) is 3.55. The van der Waals surface area contributed by atoms with E-state index in [1.165, 1.54) is 7.05 Å². The van der Waals surface area contributed by atoms with E-state index >= 15 is 0 Å². The molecular weight excluding hydrogens is 366 g/mol. The molecule has 0 atom stereocenters. The van der Waals surface area contributed by atoms with E-state index in [2.05, 4.69) is 20.9 Å². The highest BCUT2D eigenvalue weighted by Crippen LogP contribution is 2.21. The first-order valence-corrected chi connectivity index (χ1v) is 9.40. The third kappa shape index (κ3) is 3.23. The molecule has 146 valence electrons. The maximum atomic E-state index is 12.6. The first-order chi connectivity index (χ1) is 13.9. The third-order valence-electron chi connectivity index (χ3n) is 4.94. The van der Waals surface area contributed by atoms with Gasteiger partial charge in [-0.15, -0.1) is 6.42 Å². The number of nitrogens with zero attached hydrogens (tertiary/aromatic N) is 4. The van der Waals surface area contributed by atoms with Gasteiger partial charge >= 0.3 is 5.69 Å². The molecule has 29 heavy (non-hydrogen) atoms. The highest BCUT2D eigenvalue weighted by atomic mass is 16.2. The molecule has 4 rings (SSSR count). The Bertz CT molecular complexity index is 1400. The molecule has 1 aromatic carbocycles. The second-order valence-corrected chi connectivity index (χ2v) is 7.59. The number of fused-ring (bicyclic) bond motifs is 2. The molecule has 3 heterocycles. The summed E-state index contributed by atoms with van der Waals surface area (Å²) in [6.45, 7) is 4.52. The van der Waals surface area contributed by atoms with Gasteiger partial charge in [-0.2, -0.15) is 0 Å². The van der Waals surface area contributed by atoms with Crippen molar-refractivity contribution in [1.82, 2.24) is 24.1 Å². The Balaban J connectivity index is 1.85. The van der Waals surface area contributed by atoms with Crippen LogP contribution in [0.2, 0.25) is 0 Å². The molecule has 7 heteroatoms. The van der Waals surface area contributed by atoms with E-state index in [-0.39, 0.29) is 17.2 Å². The van der Waals surface area contributed by atoms with Crippen molar-refractivity contribution in [2.45, 2.75) is 26.8 Å². The highest BCUT2D eigenvalue weighted by molar-refractivity contribution is 5.86. The summed E-state index contributed by atoms with van der Waals surface area (Å²) in [5.41, 5.74) is 1.75. The lowest BCUT2D eigenvalue weighted by atomic mass is 10.0. The lowest BCUT2D eigenvalue weighted by Crippen LogP contribution is -2.38. The molecule has 0 aliphatic heterocycles. The standard InChI is InChI=1S/C22H21N5O2/c1-5-14-6-7-17-15(8-14)10-23-11-16(17)9-18-24-19-20(25-18)27(12-13(2)3)22(29)26(4)21(19)28/h1,6-8,10-11,13H,9,12H2,2-4H3,(H,24,25). The van der Waals surface area contributed by atoms with Gasteiger partial charge in [-0.25, -0.2) is 9.78 Å². The van der Waals surface area contributed by atoms with Gasteiger partial charge in [0.1, 0.15) is 11.3 Å². The van der Waals surface area contributed by atoms with Gasteiger partial charge in [-0.1, -0.05) is 25.8 Å². The number of imidazole rings is 1. The van der Waals surface area contributed by atoms with Crippen LogP contribution in [0.4, 0.5) is 0 Å². The van der Waals surface area contributed by atoms with E-state index in [1.54, 1.807) is 17.0 Å². The molecular formula is C22H21N5O2. The predicted molar refractivity (Wildman–Crippen MR) is 113 cm³/mol. The molecule has 0 aliphatic carbocycles. The summed E-state index contributed by atoms with van der Waals surface area (Å²) < 4.78 is 2.68. The molecule has 0 bridgehead atoms. The van der Waals surface area contributed by atoms with Crippen LogP contribution in [0.5, 0.6) is 0 Å². The predicted octanol–water partition coefficient (Wildman–Crippen LogP) is 2.20. The minimum atomic E-state index is -0.376. The molecule has 0 unspecified atom stereocenters. The minimum absolute atomic E-state index is 0.237. The van der Waals surface area contributed by atoms with Crippen LogP contribution in [-0.2, 0) is 20.0 Å². The van der Waals surface area contributed by atoms with E-state index in [0.717, 1.165) is 26.5 Å². The summed E-state index contributed by atoms with van der Waals surface area (Å²) in [5.74, 6) is 3.47. The number of hydrogen-bond acceptors (Lipinski definition) is 4. The molecule has 0 spiro atoms. The largest absolute Gasteiger partial charge is 0.336 e. The topological polar surface area (TPSA) is 85.6 Å². The smallest absolute Gasteiger partial charge is 0.332 e. The van der Waals surface area contributed by atoms with Gasteiger partial charge in [0, 0.05) is 43.4 Å². The number of hydrogen-bond donors (Lipinski definition) is 1. The molecule has 4 aromatic rings. The summed E-state index contributed by atoms with van der Waals surface area (Å²) in [6, 6.07) is 5.78. The molecule has 7 nitrogen and oxygen atoms in total. The van der Waals surface area contributed by atoms with E-state index in [0.29, 0.717) is 30.0 Å². The first-order valence-electron chi connectivity index (χ1n) is 9.40. The van der Waals surface area contributed by atoms with Gasteiger partial charge in [0.2, 0.25) is 0 Å². The Morgan fingerprint density at radius 3 is 2.76 bits per heavy atom. The zero-order valence-electron chi connectivity index (χ0n) is 16.6. The Hall–Kier alpha value is -3.66. The number of rotatable bonds is 4. The maximum absolute atomic E-state index is 12.6. The molecule has 0 saturated carbocycles. The SMILES string of the molecule is C#Cc1ccc2c(Cc3nc4c([nH]3)c(=O)n(C)c(=O)n4CC(C)C)cncc2c1. The van der Waals surface area contributed by atoms with Crippen molar-refractivity contribution < 1.29 is 0 Å². The van der Waals surface area contributed by atoms with Crippen molar-refractivity contribution in [2.24, 2.45) is 13.0 Å². The number of terminal acetylenes is 1. The fraction of sp³-hybridized carbons (Fsp3) is 0.273. The molecule has 0 radical (unpaired) electrons. The maximum Gasteiger partial charge on any atom is 0.332 e. The second-order valence-electron chi connectivity index (χ2n) is 7.59. The zero-order valence-corrected chi connectivity index (χ0v) is 16.6. The third-order valence-corrected chi connectivity index (χ3v) is 4.94. The number of aromatic nitrogens is 5. The van der Waals surface area contributed by atoms with Crippen LogP contribution in [-0.4, -0.2) is 24.1 Å². The minimum Gasteiger partial charge on any atom is -0.336 e. The highest BCUT2D eigenvalue weighted by Gasteiger charge is 2.17. The molecule has 3 aromatic heterocycles. The van der Waals surface area contributed by atoms with Crippen LogP contribution in [0, 0.1) is 18.3 Å². The van der Waals surface area contributed by atoms with Gasteiger partial charge in [0.25, 0.3) is 5.56 Å². The van der Waals surface area contributed by atoms with Gasteiger partial charge < -0.3 is 4.98 Å². The van der Waals surface area contributed by atoms with Crippen LogP contribution in [0.15, 0.2) is 40.2 Å². The number of H-pyrrole nitrogens is 1. The second kappa shape index (κ2) is 7.06. The fourth-order valence-electron chi connectivity index (χ4n) is 3.55. The quantitative estimate of drug-likeness (QED) is 0.544. The lowest BCUT2D eigenvalue weighted by molar-refractivity contribution is 0.500. The van der Waals surface area contributed by atoms with Gasteiger partial charge in [0.15, 0.2) is 5.65 Å². The van der Waals surface area contributed by atoms with Crippen molar-refractivity contribution in [3.05, 3.63) is 68.4 Å². The molecule has 0 aliphatic rings. The number of pyridine rings is 1. The summed E-state index contributed by atoms with van der Waals surface area (Å²) in [7, 11) is 1.49. The van der Waals surface area contributed by atoms with Crippen LogP contribution in [0.3, 0.4) is 0 Å². The normalized spacial score (nSPS) is 11.4. The van der Waals surface area contributed by atoms with Crippen molar-refractivity contribution in [3.63, 3.8) is 0 Å². The Kier molecular flexibility index (Phi) is 4.55. The Labute approximate surface area is 167 Å². The number of aromatic amines is 1. The van der Waals surface area contributed by atoms with Crippen molar-refractivity contribution in [3.8, 4) is 12.3 Å². The molecule has 1 N–H and O–H groups in total. The molecule has 0 saturated heterocycles. The van der Waals surface area contributed by atoms with E-state index < -0.39 is 0 Å². The first kappa shape index (κ1) is 18.7. The number of benzene rings is 1. The Morgan fingerprint density at radius 2 is 2.03 bits per heavy atom. The zero-order chi connectivity index (χ0) is 20.7. The molecule has 0 amide bonds. The van der Waals surface area contributed by atoms with E-state index in [1.807, 2.05) is 32.0 Å².